The summed E-state index contributed by atoms with van der Waals surface area (Å²) in [6, 6.07) is 0. The monoisotopic (exact) mass is 304 g/mol. The summed E-state index contributed by atoms with van der Waals surface area (Å²) in [5.74, 6) is 1.65. The van der Waals surface area contributed by atoms with E-state index in [-0.39, 0.29) is 5.91 Å². The van der Waals surface area contributed by atoms with Crippen LogP contribution in [0.3, 0.4) is 0 Å². The van der Waals surface area contributed by atoms with E-state index in [9.17, 15) is 4.79 Å². The summed E-state index contributed by atoms with van der Waals surface area (Å²) in [4.78, 5) is 22.2. The Morgan fingerprint density at radius 2 is 2.29 bits per heavy atom. The predicted molar refractivity (Wildman–Crippen MR) is 85.8 cm³/mol. The van der Waals surface area contributed by atoms with Gasteiger partial charge in [-0.15, -0.1) is 11.3 Å². The van der Waals surface area contributed by atoms with Crippen molar-refractivity contribution in [1.29, 1.82) is 0 Å². The van der Waals surface area contributed by atoms with Crippen LogP contribution in [0, 0.1) is 5.92 Å². The van der Waals surface area contributed by atoms with Gasteiger partial charge in [0.1, 0.15) is 17.0 Å². The Labute approximate surface area is 128 Å². The van der Waals surface area contributed by atoms with Gasteiger partial charge in [-0.25, -0.2) is 9.97 Å². The SMILES string of the molecule is CC(=O)NCCNc1ncnc2sc3c(c12)CC[C@@H](C)C3. The van der Waals surface area contributed by atoms with Gasteiger partial charge < -0.3 is 10.6 Å². The van der Waals surface area contributed by atoms with E-state index in [1.54, 1.807) is 17.7 Å². The maximum Gasteiger partial charge on any atom is 0.216 e. The summed E-state index contributed by atoms with van der Waals surface area (Å²) in [6.07, 6.45) is 5.12. The van der Waals surface area contributed by atoms with Gasteiger partial charge in [-0.3, -0.25) is 4.79 Å². The number of anilines is 1. The van der Waals surface area contributed by atoms with Crippen molar-refractivity contribution < 1.29 is 4.79 Å². The zero-order valence-electron chi connectivity index (χ0n) is 12.4. The molecule has 1 aliphatic carbocycles. The zero-order valence-corrected chi connectivity index (χ0v) is 13.2. The summed E-state index contributed by atoms with van der Waals surface area (Å²) in [5, 5.41) is 7.30. The van der Waals surface area contributed by atoms with Crippen LogP contribution < -0.4 is 10.6 Å². The molecule has 3 rings (SSSR count). The summed E-state index contributed by atoms with van der Waals surface area (Å²) in [5.41, 5.74) is 1.43. The number of amides is 1. The fraction of sp³-hybridized carbons (Fsp3) is 0.533. The molecule has 2 aromatic rings. The number of fused-ring (bicyclic) bond motifs is 3. The normalized spacial score (nSPS) is 17.5. The number of nitrogens with one attached hydrogen (secondary N) is 2. The molecule has 0 saturated heterocycles. The molecule has 2 heterocycles. The summed E-state index contributed by atoms with van der Waals surface area (Å²) in [7, 11) is 0. The van der Waals surface area contributed by atoms with E-state index in [1.807, 2.05) is 0 Å². The minimum atomic E-state index is -0.00784. The lowest BCUT2D eigenvalue weighted by Gasteiger charge is -2.18. The van der Waals surface area contributed by atoms with Crippen molar-refractivity contribution in [2.24, 2.45) is 5.92 Å². The third-order valence-electron chi connectivity index (χ3n) is 3.88. The van der Waals surface area contributed by atoms with Crippen molar-refractivity contribution in [3.05, 3.63) is 16.8 Å². The molecule has 0 bridgehead atoms. The third kappa shape index (κ3) is 3.00. The summed E-state index contributed by atoms with van der Waals surface area (Å²) < 4.78 is 0. The van der Waals surface area contributed by atoms with Gasteiger partial charge >= 0.3 is 0 Å². The molecule has 0 fully saturated rings. The second-order valence-electron chi connectivity index (χ2n) is 5.66. The molecule has 6 heteroatoms. The van der Waals surface area contributed by atoms with E-state index in [4.69, 9.17) is 0 Å². The van der Waals surface area contributed by atoms with Gasteiger partial charge in [-0.1, -0.05) is 6.92 Å². The van der Waals surface area contributed by atoms with Crippen molar-refractivity contribution in [1.82, 2.24) is 15.3 Å². The fourth-order valence-corrected chi connectivity index (χ4v) is 4.18. The highest BCUT2D eigenvalue weighted by Crippen LogP contribution is 2.39. The molecule has 5 nitrogen and oxygen atoms in total. The van der Waals surface area contributed by atoms with Crippen LogP contribution in [0.25, 0.3) is 10.2 Å². The third-order valence-corrected chi connectivity index (χ3v) is 5.05. The van der Waals surface area contributed by atoms with Crippen LogP contribution in [-0.4, -0.2) is 29.0 Å². The van der Waals surface area contributed by atoms with E-state index < -0.39 is 0 Å². The van der Waals surface area contributed by atoms with Crippen molar-refractivity contribution >= 4 is 33.3 Å². The first kappa shape index (κ1) is 14.3. The van der Waals surface area contributed by atoms with Crippen LogP contribution in [0.4, 0.5) is 5.82 Å². The minimum absolute atomic E-state index is 0.00784. The lowest BCUT2D eigenvalue weighted by molar-refractivity contribution is -0.118. The van der Waals surface area contributed by atoms with Crippen LogP contribution in [0.15, 0.2) is 6.33 Å². The molecule has 0 radical (unpaired) electrons. The van der Waals surface area contributed by atoms with Crippen molar-refractivity contribution in [3.8, 4) is 0 Å². The quantitative estimate of drug-likeness (QED) is 0.851. The van der Waals surface area contributed by atoms with E-state index >= 15 is 0 Å². The molecule has 1 atom stereocenters. The van der Waals surface area contributed by atoms with Crippen molar-refractivity contribution in [2.75, 3.05) is 18.4 Å². The number of nitrogens with zero attached hydrogens (tertiary/aromatic N) is 2. The average molecular weight is 304 g/mol. The van der Waals surface area contributed by atoms with Gasteiger partial charge in [0.2, 0.25) is 5.91 Å². The van der Waals surface area contributed by atoms with Gasteiger partial charge in [0.15, 0.2) is 0 Å². The number of hydrogen-bond acceptors (Lipinski definition) is 5. The van der Waals surface area contributed by atoms with Crippen LogP contribution >= 0.6 is 11.3 Å². The van der Waals surface area contributed by atoms with Crippen molar-refractivity contribution in [2.45, 2.75) is 33.1 Å². The van der Waals surface area contributed by atoms with Crippen LogP contribution in [0.2, 0.25) is 0 Å². The highest BCUT2D eigenvalue weighted by Gasteiger charge is 2.22. The van der Waals surface area contributed by atoms with Gasteiger partial charge in [-0.05, 0) is 30.7 Å². The van der Waals surface area contributed by atoms with Crippen LogP contribution in [0.1, 0.15) is 30.7 Å². The smallest absolute Gasteiger partial charge is 0.216 e. The van der Waals surface area contributed by atoms with E-state index in [1.165, 1.54) is 29.2 Å². The first-order valence-corrected chi connectivity index (χ1v) is 8.20. The molecule has 0 unspecified atom stereocenters. The predicted octanol–water partition coefficient (Wildman–Crippen LogP) is 2.36. The molecule has 21 heavy (non-hydrogen) atoms. The van der Waals surface area contributed by atoms with Crippen molar-refractivity contribution in [3.63, 3.8) is 0 Å². The summed E-state index contributed by atoms with van der Waals surface area (Å²) >= 11 is 1.80. The van der Waals surface area contributed by atoms with E-state index in [0.717, 1.165) is 29.4 Å². The van der Waals surface area contributed by atoms with Gasteiger partial charge in [-0.2, -0.15) is 0 Å². The number of thiophene rings is 1. The molecule has 0 saturated carbocycles. The Kier molecular flexibility index (Phi) is 4.05. The summed E-state index contributed by atoms with van der Waals surface area (Å²) in [6.45, 7) is 5.11. The zero-order chi connectivity index (χ0) is 14.8. The fourth-order valence-electron chi connectivity index (χ4n) is 2.83. The highest BCUT2D eigenvalue weighted by atomic mass is 32.1. The first-order chi connectivity index (χ1) is 10.1. The van der Waals surface area contributed by atoms with Gasteiger partial charge in [0.05, 0.1) is 5.39 Å². The largest absolute Gasteiger partial charge is 0.368 e. The first-order valence-electron chi connectivity index (χ1n) is 7.38. The molecule has 0 aromatic carbocycles. The molecule has 2 aromatic heterocycles. The molecular weight excluding hydrogens is 284 g/mol. The number of aryl methyl sites for hydroxylation is 1. The molecule has 112 valence electrons. The standard InChI is InChI=1S/C15H20N4OS/c1-9-3-4-11-12(7-9)21-15-13(11)14(18-8-19-15)17-6-5-16-10(2)20/h8-9H,3-7H2,1-2H3,(H,16,20)(H,17,18,19)/t9-/m1/s1. The number of rotatable bonds is 4. The minimum Gasteiger partial charge on any atom is -0.368 e. The number of carbonyl (C=O) groups is 1. The Hall–Kier alpha value is -1.69. The van der Waals surface area contributed by atoms with Crippen LogP contribution in [0.5, 0.6) is 0 Å². The highest BCUT2D eigenvalue weighted by molar-refractivity contribution is 7.19. The Morgan fingerprint density at radius 1 is 1.43 bits per heavy atom. The number of aromatic nitrogens is 2. The average Bonchev–Trinajstić information content (AvgIpc) is 2.81. The van der Waals surface area contributed by atoms with Gasteiger partial charge in [0.25, 0.3) is 0 Å². The maximum atomic E-state index is 10.9. The number of carbonyl (C=O) groups excluding carboxylic acids is 1. The molecule has 1 amide bonds. The second kappa shape index (κ2) is 5.97. The number of hydrogen-bond donors (Lipinski definition) is 2. The maximum absolute atomic E-state index is 10.9. The molecule has 0 aliphatic heterocycles. The van der Waals surface area contributed by atoms with Crippen LogP contribution in [-0.2, 0) is 17.6 Å². The molecule has 1 aliphatic rings. The van der Waals surface area contributed by atoms with Gasteiger partial charge in [0, 0.05) is 24.9 Å². The van der Waals surface area contributed by atoms with E-state index in [0.29, 0.717) is 13.1 Å². The Morgan fingerprint density at radius 3 is 3.10 bits per heavy atom. The molecule has 2 N–H and O–H groups in total. The lowest BCUT2D eigenvalue weighted by Crippen LogP contribution is -2.26. The Balaban J connectivity index is 1.84. The Bertz CT molecular complexity index is 667. The molecule has 0 spiro atoms. The second-order valence-corrected chi connectivity index (χ2v) is 6.75. The lowest BCUT2D eigenvalue weighted by atomic mass is 9.89. The topological polar surface area (TPSA) is 66.9 Å². The van der Waals surface area contributed by atoms with E-state index in [2.05, 4.69) is 27.5 Å². The molecular formula is C15H20N4OS.